The number of nitrogens with one attached hydrogen (secondary N) is 1. The Morgan fingerprint density at radius 1 is 1.59 bits per heavy atom. The number of carbonyl (C=O) groups is 1. The van der Waals surface area contributed by atoms with E-state index in [9.17, 15) is 4.79 Å². The summed E-state index contributed by atoms with van der Waals surface area (Å²) >= 11 is 1.32. The first kappa shape index (κ1) is 12.5. The molecule has 4 nitrogen and oxygen atoms in total. The van der Waals surface area contributed by atoms with Crippen molar-refractivity contribution < 1.29 is 15.0 Å². The van der Waals surface area contributed by atoms with E-state index in [0.29, 0.717) is 17.3 Å². The zero-order valence-electron chi connectivity index (χ0n) is 9.77. The van der Waals surface area contributed by atoms with Crippen LogP contribution in [0.4, 0.5) is 0 Å². The summed E-state index contributed by atoms with van der Waals surface area (Å²) in [6.07, 6.45) is 1.66. The first-order valence-corrected chi connectivity index (χ1v) is 6.59. The van der Waals surface area contributed by atoms with Gasteiger partial charge in [0.15, 0.2) is 0 Å². The molecule has 0 saturated heterocycles. The van der Waals surface area contributed by atoms with Gasteiger partial charge >= 0.3 is 5.97 Å². The summed E-state index contributed by atoms with van der Waals surface area (Å²) in [5.74, 6) is -0.283. The lowest BCUT2D eigenvalue weighted by molar-refractivity contribution is 0.0429. The Morgan fingerprint density at radius 2 is 2.29 bits per heavy atom. The van der Waals surface area contributed by atoms with Gasteiger partial charge in [0.25, 0.3) is 0 Å². The SMILES string of the molecule is Cc1sc(C(=O)O)cc1CNCC1CC(O)C1. The van der Waals surface area contributed by atoms with Crippen molar-refractivity contribution in [2.45, 2.75) is 32.4 Å². The Hall–Kier alpha value is -0.910. The largest absolute Gasteiger partial charge is 0.477 e. The lowest BCUT2D eigenvalue weighted by Gasteiger charge is -2.31. The summed E-state index contributed by atoms with van der Waals surface area (Å²) in [4.78, 5) is 12.3. The van der Waals surface area contributed by atoms with Gasteiger partial charge in [0.2, 0.25) is 0 Å². The number of carboxylic acids is 1. The second-order valence-electron chi connectivity index (χ2n) is 4.62. The van der Waals surface area contributed by atoms with Crippen molar-refractivity contribution in [3.8, 4) is 0 Å². The molecule has 1 heterocycles. The summed E-state index contributed by atoms with van der Waals surface area (Å²) in [5.41, 5.74) is 1.06. The van der Waals surface area contributed by atoms with Gasteiger partial charge in [-0.2, -0.15) is 0 Å². The molecule has 3 N–H and O–H groups in total. The molecule has 0 amide bonds. The number of hydrogen-bond acceptors (Lipinski definition) is 4. The van der Waals surface area contributed by atoms with Gasteiger partial charge in [0.1, 0.15) is 4.88 Å². The van der Waals surface area contributed by atoms with E-state index in [-0.39, 0.29) is 6.10 Å². The number of aliphatic hydroxyl groups is 1. The van der Waals surface area contributed by atoms with Crippen LogP contribution in [-0.4, -0.2) is 28.8 Å². The number of aliphatic hydroxyl groups excluding tert-OH is 1. The van der Waals surface area contributed by atoms with Crippen LogP contribution in [0.1, 0.15) is 33.0 Å². The number of aryl methyl sites for hydroxylation is 1. The smallest absolute Gasteiger partial charge is 0.345 e. The second-order valence-corrected chi connectivity index (χ2v) is 5.88. The molecule has 0 bridgehead atoms. The highest BCUT2D eigenvalue weighted by Crippen LogP contribution is 2.26. The van der Waals surface area contributed by atoms with Crippen molar-refractivity contribution in [3.63, 3.8) is 0 Å². The molecule has 1 aliphatic carbocycles. The standard InChI is InChI=1S/C12H17NO3S/c1-7-9(4-11(17-7)12(15)16)6-13-5-8-2-10(14)3-8/h4,8,10,13-14H,2-3,5-6H2,1H3,(H,15,16). The molecule has 17 heavy (non-hydrogen) atoms. The third-order valence-electron chi connectivity index (χ3n) is 3.19. The topological polar surface area (TPSA) is 69.6 Å². The van der Waals surface area contributed by atoms with Crippen LogP contribution in [-0.2, 0) is 6.54 Å². The first-order chi connectivity index (χ1) is 8.06. The molecule has 94 valence electrons. The first-order valence-electron chi connectivity index (χ1n) is 5.77. The lowest BCUT2D eigenvalue weighted by atomic mass is 9.82. The fourth-order valence-corrected chi connectivity index (χ4v) is 2.96. The molecule has 2 rings (SSSR count). The van der Waals surface area contributed by atoms with Crippen LogP contribution >= 0.6 is 11.3 Å². The molecule has 0 aliphatic heterocycles. The maximum atomic E-state index is 10.8. The summed E-state index contributed by atoms with van der Waals surface area (Å²) in [6, 6.07) is 1.74. The average Bonchev–Trinajstić information content (AvgIpc) is 2.58. The van der Waals surface area contributed by atoms with E-state index < -0.39 is 5.97 Å². The number of thiophene rings is 1. The van der Waals surface area contributed by atoms with E-state index in [2.05, 4.69) is 5.32 Å². The molecule has 1 aromatic rings. The van der Waals surface area contributed by atoms with Gasteiger partial charge in [-0.25, -0.2) is 4.79 Å². The zero-order valence-corrected chi connectivity index (χ0v) is 10.6. The Kier molecular flexibility index (Phi) is 3.81. The lowest BCUT2D eigenvalue weighted by Crippen LogP contribution is -2.35. The van der Waals surface area contributed by atoms with Gasteiger partial charge in [-0.1, -0.05) is 0 Å². The van der Waals surface area contributed by atoms with Crippen molar-refractivity contribution in [2.75, 3.05) is 6.54 Å². The number of carboxylic acid groups (broad SMARTS) is 1. The van der Waals surface area contributed by atoms with Crippen molar-refractivity contribution in [1.29, 1.82) is 0 Å². The van der Waals surface area contributed by atoms with E-state index >= 15 is 0 Å². The van der Waals surface area contributed by atoms with Gasteiger partial charge in [-0.05, 0) is 43.9 Å². The van der Waals surface area contributed by atoms with E-state index in [1.807, 2.05) is 6.92 Å². The quantitative estimate of drug-likeness (QED) is 0.747. The Labute approximate surface area is 104 Å². The summed E-state index contributed by atoms with van der Waals surface area (Å²) in [7, 11) is 0. The molecule has 0 aromatic carbocycles. The molecular weight excluding hydrogens is 238 g/mol. The number of aromatic carboxylic acids is 1. The number of rotatable bonds is 5. The molecular formula is C12H17NO3S. The highest BCUT2D eigenvalue weighted by Gasteiger charge is 2.26. The summed E-state index contributed by atoms with van der Waals surface area (Å²) < 4.78 is 0. The van der Waals surface area contributed by atoms with E-state index in [1.165, 1.54) is 11.3 Å². The molecule has 5 heteroatoms. The van der Waals surface area contributed by atoms with Gasteiger partial charge < -0.3 is 15.5 Å². The third-order valence-corrected chi connectivity index (χ3v) is 4.27. The molecule has 1 aliphatic rings. The van der Waals surface area contributed by atoms with Crippen LogP contribution in [0.2, 0.25) is 0 Å². The van der Waals surface area contributed by atoms with Crippen LogP contribution in [0.25, 0.3) is 0 Å². The molecule has 1 aromatic heterocycles. The molecule has 0 radical (unpaired) electrons. The van der Waals surface area contributed by atoms with Crippen molar-refractivity contribution in [1.82, 2.24) is 5.32 Å². The van der Waals surface area contributed by atoms with E-state index in [0.717, 1.165) is 29.8 Å². The molecule has 0 unspecified atom stereocenters. The normalized spacial score (nSPS) is 23.4. The average molecular weight is 255 g/mol. The summed E-state index contributed by atoms with van der Waals surface area (Å²) in [5, 5.41) is 21.3. The van der Waals surface area contributed by atoms with E-state index in [4.69, 9.17) is 10.2 Å². The maximum Gasteiger partial charge on any atom is 0.345 e. The second kappa shape index (κ2) is 5.16. The van der Waals surface area contributed by atoms with Crippen molar-refractivity contribution >= 4 is 17.3 Å². The summed E-state index contributed by atoms with van der Waals surface area (Å²) in [6.45, 7) is 3.55. The minimum absolute atomic E-state index is 0.108. The Balaban J connectivity index is 1.80. The van der Waals surface area contributed by atoms with Crippen LogP contribution in [0, 0.1) is 12.8 Å². The van der Waals surface area contributed by atoms with Gasteiger partial charge in [-0.3, -0.25) is 0 Å². The molecule has 0 atom stereocenters. The van der Waals surface area contributed by atoms with Crippen LogP contribution < -0.4 is 5.32 Å². The van der Waals surface area contributed by atoms with Gasteiger partial charge in [0, 0.05) is 11.4 Å². The fraction of sp³-hybridized carbons (Fsp3) is 0.583. The minimum atomic E-state index is -0.855. The van der Waals surface area contributed by atoms with E-state index in [1.54, 1.807) is 6.07 Å². The van der Waals surface area contributed by atoms with Crippen LogP contribution in [0.15, 0.2) is 6.07 Å². The van der Waals surface area contributed by atoms with Crippen molar-refractivity contribution in [2.24, 2.45) is 5.92 Å². The molecule has 0 spiro atoms. The molecule has 1 saturated carbocycles. The predicted octanol–water partition coefficient (Wildman–Crippen LogP) is 1.62. The van der Waals surface area contributed by atoms with Crippen LogP contribution in [0.3, 0.4) is 0 Å². The molecule has 1 fully saturated rings. The zero-order chi connectivity index (χ0) is 12.4. The van der Waals surface area contributed by atoms with Crippen LogP contribution in [0.5, 0.6) is 0 Å². The fourth-order valence-electron chi connectivity index (χ4n) is 2.08. The van der Waals surface area contributed by atoms with Gasteiger partial charge in [-0.15, -0.1) is 11.3 Å². The third kappa shape index (κ3) is 3.06. The van der Waals surface area contributed by atoms with Crippen molar-refractivity contribution in [3.05, 3.63) is 21.4 Å². The minimum Gasteiger partial charge on any atom is -0.477 e. The Bertz CT molecular complexity index is 410. The predicted molar refractivity (Wildman–Crippen MR) is 66.5 cm³/mol. The Morgan fingerprint density at radius 3 is 2.82 bits per heavy atom. The highest BCUT2D eigenvalue weighted by atomic mass is 32.1. The van der Waals surface area contributed by atoms with Gasteiger partial charge in [0.05, 0.1) is 6.10 Å². The maximum absolute atomic E-state index is 10.8. The highest BCUT2D eigenvalue weighted by molar-refractivity contribution is 7.14. The monoisotopic (exact) mass is 255 g/mol. The number of hydrogen-bond donors (Lipinski definition) is 3.